The number of rotatable bonds is 6. The summed E-state index contributed by atoms with van der Waals surface area (Å²) in [5.74, 6) is -0.293. The SMILES string of the molecule is Cc1ccc(C)c(NC(=O)c2ccc(S(=O)(=O)NCc3ccccn3)cc2)c1. The van der Waals surface area contributed by atoms with E-state index >= 15 is 0 Å². The lowest BCUT2D eigenvalue weighted by atomic mass is 10.1. The van der Waals surface area contributed by atoms with Crippen molar-refractivity contribution in [3.8, 4) is 0 Å². The second-order valence-corrected chi connectivity index (χ2v) is 8.21. The molecule has 0 radical (unpaired) electrons. The molecule has 0 spiro atoms. The molecule has 7 heteroatoms. The molecule has 0 atom stereocenters. The molecule has 3 aromatic rings. The van der Waals surface area contributed by atoms with Gasteiger partial charge >= 0.3 is 0 Å². The lowest BCUT2D eigenvalue weighted by Crippen LogP contribution is -2.23. The highest BCUT2D eigenvalue weighted by atomic mass is 32.2. The monoisotopic (exact) mass is 395 g/mol. The molecule has 0 aliphatic heterocycles. The van der Waals surface area contributed by atoms with Crippen LogP contribution >= 0.6 is 0 Å². The van der Waals surface area contributed by atoms with E-state index in [1.807, 2.05) is 32.0 Å². The van der Waals surface area contributed by atoms with E-state index in [9.17, 15) is 13.2 Å². The Bertz CT molecular complexity index is 1080. The van der Waals surface area contributed by atoms with Crippen LogP contribution in [0.25, 0.3) is 0 Å². The number of benzene rings is 2. The van der Waals surface area contributed by atoms with Gasteiger partial charge in [0, 0.05) is 17.4 Å². The summed E-state index contributed by atoms with van der Waals surface area (Å²) >= 11 is 0. The summed E-state index contributed by atoms with van der Waals surface area (Å²) in [5, 5.41) is 2.86. The van der Waals surface area contributed by atoms with E-state index < -0.39 is 10.0 Å². The van der Waals surface area contributed by atoms with Gasteiger partial charge in [0.2, 0.25) is 10.0 Å². The van der Waals surface area contributed by atoms with Crippen LogP contribution in [-0.2, 0) is 16.6 Å². The number of carbonyl (C=O) groups is 1. The number of anilines is 1. The zero-order valence-electron chi connectivity index (χ0n) is 15.6. The van der Waals surface area contributed by atoms with Crippen molar-refractivity contribution in [2.75, 3.05) is 5.32 Å². The minimum atomic E-state index is -3.69. The summed E-state index contributed by atoms with van der Waals surface area (Å²) in [6.45, 7) is 3.96. The third kappa shape index (κ3) is 4.82. The fourth-order valence-electron chi connectivity index (χ4n) is 2.61. The molecule has 6 nitrogen and oxygen atoms in total. The van der Waals surface area contributed by atoms with E-state index in [1.165, 1.54) is 24.3 Å². The average molecular weight is 395 g/mol. The predicted octanol–water partition coefficient (Wildman–Crippen LogP) is 3.43. The Morgan fingerprint density at radius 1 is 1.00 bits per heavy atom. The number of nitrogens with one attached hydrogen (secondary N) is 2. The molecule has 0 aliphatic rings. The van der Waals surface area contributed by atoms with Crippen LogP contribution in [0.2, 0.25) is 0 Å². The van der Waals surface area contributed by atoms with Crippen LogP contribution in [0.5, 0.6) is 0 Å². The van der Waals surface area contributed by atoms with E-state index in [-0.39, 0.29) is 17.3 Å². The van der Waals surface area contributed by atoms with Crippen molar-refractivity contribution in [1.29, 1.82) is 0 Å². The highest BCUT2D eigenvalue weighted by Gasteiger charge is 2.15. The van der Waals surface area contributed by atoms with Gasteiger partial charge in [-0.25, -0.2) is 13.1 Å². The Kier molecular flexibility index (Phi) is 5.87. The van der Waals surface area contributed by atoms with Crippen molar-refractivity contribution in [2.24, 2.45) is 0 Å². The van der Waals surface area contributed by atoms with Crippen LogP contribution in [-0.4, -0.2) is 19.3 Å². The van der Waals surface area contributed by atoms with Crippen LogP contribution in [0, 0.1) is 13.8 Å². The summed E-state index contributed by atoms with van der Waals surface area (Å²) in [5.41, 5.74) is 3.73. The molecule has 0 saturated carbocycles. The third-order valence-electron chi connectivity index (χ3n) is 4.24. The number of carbonyl (C=O) groups excluding carboxylic acids is 1. The molecule has 0 unspecified atom stereocenters. The molecule has 2 aromatic carbocycles. The Balaban J connectivity index is 1.70. The molecular weight excluding hydrogens is 374 g/mol. The van der Waals surface area contributed by atoms with Gasteiger partial charge in [0.1, 0.15) is 0 Å². The van der Waals surface area contributed by atoms with Gasteiger partial charge in [0.05, 0.1) is 17.1 Å². The maximum Gasteiger partial charge on any atom is 0.255 e. The molecule has 0 bridgehead atoms. The molecular formula is C21H21N3O3S. The van der Waals surface area contributed by atoms with Gasteiger partial charge < -0.3 is 5.32 Å². The van der Waals surface area contributed by atoms with Crippen molar-refractivity contribution in [1.82, 2.24) is 9.71 Å². The number of aryl methyl sites for hydroxylation is 2. The fraction of sp³-hybridized carbons (Fsp3) is 0.143. The predicted molar refractivity (Wildman–Crippen MR) is 109 cm³/mol. The lowest BCUT2D eigenvalue weighted by molar-refractivity contribution is 0.102. The lowest BCUT2D eigenvalue weighted by Gasteiger charge is -2.10. The highest BCUT2D eigenvalue weighted by molar-refractivity contribution is 7.89. The van der Waals surface area contributed by atoms with E-state index in [0.717, 1.165) is 16.8 Å². The summed E-state index contributed by atoms with van der Waals surface area (Å²) < 4.78 is 27.3. The van der Waals surface area contributed by atoms with Crippen molar-refractivity contribution in [2.45, 2.75) is 25.3 Å². The van der Waals surface area contributed by atoms with E-state index in [4.69, 9.17) is 0 Å². The summed E-state index contributed by atoms with van der Waals surface area (Å²) in [6.07, 6.45) is 1.60. The molecule has 0 saturated heterocycles. The van der Waals surface area contributed by atoms with Gasteiger partial charge in [-0.3, -0.25) is 9.78 Å². The standard InChI is InChI=1S/C21H21N3O3S/c1-15-6-7-16(2)20(13-15)24-21(25)17-8-10-19(11-9-17)28(26,27)23-14-18-5-3-4-12-22-18/h3-13,23H,14H2,1-2H3,(H,24,25). The van der Waals surface area contributed by atoms with Gasteiger partial charge in [-0.05, 0) is 67.4 Å². The Hall–Kier alpha value is -3.03. The molecule has 3 rings (SSSR count). The first-order valence-corrected chi connectivity index (χ1v) is 10.2. The van der Waals surface area contributed by atoms with E-state index in [2.05, 4.69) is 15.0 Å². The Labute approximate surface area is 164 Å². The summed E-state index contributed by atoms with van der Waals surface area (Å²) in [7, 11) is -3.69. The van der Waals surface area contributed by atoms with E-state index in [1.54, 1.807) is 24.4 Å². The Morgan fingerprint density at radius 3 is 2.43 bits per heavy atom. The van der Waals surface area contributed by atoms with Gasteiger partial charge in [-0.1, -0.05) is 18.2 Å². The number of aromatic nitrogens is 1. The first-order chi connectivity index (χ1) is 13.3. The zero-order chi connectivity index (χ0) is 20.1. The van der Waals surface area contributed by atoms with E-state index in [0.29, 0.717) is 11.3 Å². The number of sulfonamides is 1. The molecule has 1 amide bonds. The molecule has 144 valence electrons. The van der Waals surface area contributed by atoms with Crippen LogP contribution in [0.15, 0.2) is 71.8 Å². The molecule has 0 fully saturated rings. The number of pyridine rings is 1. The van der Waals surface area contributed by atoms with Crippen molar-refractivity contribution < 1.29 is 13.2 Å². The first kappa shape index (κ1) is 19.7. The number of hydrogen-bond acceptors (Lipinski definition) is 4. The van der Waals surface area contributed by atoms with Crippen LogP contribution < -0.4 is 10.0 Å². The minimum absolute atomic E-state index is 0.0896. The summed E-state index contributed by atoms with van der Waals surface area (Å²) in [4.78, 5) is 16.6. The van der Waals surface area contributed by atoms with Gasteiger partial charge in [0.15, 0.2) is 0 Å². The third-order valence-corrected chi connectivity index (χ3v) is 5.65. The fourth-order valence-corrected chi connectivity index (χ4v) is 3.60. The zero-order valence-corrected chi connectivity index (χ0v) is 16.5. The second kappa shape index (κ2) is 8.33. The maximum atomic E-state index is 12.5. The van der Waals surface area contributed by atoms with Crippen LogP contribution in [0.4, 0.5) is 5.69 Å². The number of hydrogen-bond donors (Lipinski definition) is 2. The maximum absolute atomic E-state index is 12.5. The average Bonchev–Trinajstić information content (AvgIpc) is 2.70. The van der Waals surface area contributed by atoms with Crippen LogP contribution in [0.1, 0.15) is 27.2 Å². The number of amides is 1. The molecule has 28 heavy (non-hydrogen) atoms. The second-order valence-electron chi connectivity index (χ2n) is 6.44. The molecule has 0 aliphatic carbocycles. The normalized spacial score (nSPS) is 11.2. The first-order valence-electron chi connectivity index (χ1n) is 8.73. The molecule has 2 N–H and O–H groups in total. The van der Waals surface area contributed by atoms with Gasteiger partial charge in [-0.15, -0.1) is 0 Å². The van der Waals surface area contributed by atoms with Crippen molar-refractivity contribution in [3.63, 3.8) is 0 Å². The topological polar surface area (TPSA) is 88.2 Å². The van der Waals surface area contributed by atoms with Gasteiger partial charge in [-0.2, -0.15) is 0 Å². The minimum Gasteiger partial charge on any atom is -0.322 e. The quantitative estimate of drug-likeness (QED) is 0.669. The number of nitrogens with zero attached hydrogens (tertiary/aromatic N) is 1. The van der Waals surface area contributed by atoms with Crippen molar-refractivity contribution in [3.05, 3.63) is 89.2 Å². The Morgan fingerprint density at radius 2 is 1.75 bits per heavy atom. The van der Waals surface area contributed by atoms with Crippen LogP contribution in [0.3, 0.4) is 0 Å². The van der Waals surface area contributed by atoms with Crippen molar-refractivity contribution >= 4 is 21.6 Å². The molecule has 1 heterocycles. The highest BCUT2D eigenvalue weighted by Crippen LogP contribution is 2.18. The largest absolute Gasteiger partial charge is 0.322 e. The smallest absolute Gasteiger partial charge is 0.255 e. The van der Waals surface area contributed by atoms with Gasteiger partial charge in [0.25, 0.3) is 5.91 Å². The summed E-state index contributed by atoms with van der Waals surface area (Å²) in [6, 6.07) is 16.9. The molecule has 1 aromatic heterocycles.